The first-order chi connectivity index (χ1) is 15.1. The molecule has 3 N–H and O–H groups in total. The monoisotopic (exact) mass is 459 g/mol. The number of aromatic nitrogens is 4. The van der Waals surface area contributed by atoms with Crippen molar-refractivity contribution in [3.05, 3.63) is 52.9 Å². The summed E-state index contributed by atoms with van der Waals surface area (Å²) < 4.78 is 41.9. The number of hydrogen-bond acceptors (Lipinski definition) is 6. The Morgan fingerprint density at radius 3 is 2.62 bits per heavy atom. The van der Waals surface area contributed by atoms with E-state index in [0.29, 0.717) is 28.5 Å². The van der Waals surface area contributed by atoms with Crippen LogP contribution in [0.15, 0.2) is 36.8 Å². The average molecular weight is 459 g/mol. The summed E-state index contributed by atoms with van der Waals surface area (Å²) in [5.41, 5.74) is 5.76. The maximum Gasteiger partial charge on any atom is 0.421 e. The highest BCUT2D eigenvalue weighted by atomic mass is 32.1. The Morgan fingerprint density at radius 1 is 1.19 bits per heavy atom. The SMILES string of the molecule is Cc1ccc(C(C)(O)C(F)(F)F)cc1-c1cnc2c(N)nc(-c3cnc(C4CC4)s3)cn12. The molecule has 1 aliphatic rings. The van der Waals surface area contributed by atoms with E-state index in [9.17, 15) is 18.3 Å². The van der Waals surface area contributed by atoms with Crippen LogP contribution in [0.2, 0.25) is 0 Å². The molecule has 166 valence electrons. The zero-order chi connectivity index (χ0) is 22.8. The number of alkyl halides is 3. The molecule has 5 rings (SSSR count). The number of hydrogen-bond donors (Lipinski definition) is 2. The first-order valence-electron chi connectivity index (χ1n) is 10.1. The molecule has 4 aromatic rings. The number of anilines is 1. The minimum absolute atomic E-state index is 0.214. The Morgan fingerprint density at radius 2 is 1.94 bits per heavy atom. The quantitative estimate of drug-likeness (QED) is 0.445. The molecule has 0 saturated heterocycles. The molecule has 0 radical (unpaired) electrons. The second-order valence-corrected chi connectivity index (χ2v) is 9.35. The number of aryl methyl sites for hydroxylation is 1. The lowest BCUT2D eigenvalue weighted by Crippen LogP contribution is -2.39. The average Bonchev–Trinajstić information content (AvgIpc) is 3.29. The fourth-order valence-electron chi connectivity index (χ4n) is 3.62. The molecule has 3 heterocycles. The number of nitrogens with zero attached hydrogens (tertiary/aromatic N) is 4. The summed E-state index contributed by atoms with van der Waals surface area (Å²) in [6, 6.07) is 4.19. The number of nitrogens with two attached hydrogens (primary N) is 1. The molecule has 0 amide bonds. The van der Waals surface area contributed by atoms with Gasteiger partial charge in [-0.3, -0.25) is 4.40 Å². The molecule has 1 aromatic carbocycles. The molecule has 1 atom stereocenters. The third-order valence-corrected chi connectivity index (χ3v) is 7.03. The van der Waals surface area contributed by atoms with Crippen molar-refractivity contribution < 1.29 is 18.3 Å². The van der Waals surface area contributed by atoms with E-state index < -0.39 is 11.8 Å². The van der Waals surface area contributed by atoms with Crippen molar-refractivity contribution in [2.75, 3.05) is 5.73 Å². The standard InChI is InChI=1S/C22H20F3N5OS/c1-11-3-6-13(21(2,31)22(23,24)25)7-14(11)16-8-27-19-18(26)29-15(10-30(16)19)17-9-28-20(32-17)12-4-5-12/h3,6-10,12,31H,4-5H2,1-2H3,(H2,26,29). The Bertz CT molecular complexity index is 1340. The highest BCUT2D eigenvalue weighted by Crippen LogP contribution is 2.44. The number of benzene rings is 1. The van der Waals surface area contributed by atoms with Crippen LogP contribution in [-0.2, 0) is 5.60 Å². The smallest absolute Gasteiger partial charge is 0.381 e. The molecule has 0 bridgehead atoms. The van der Waals surface area contributed by atoms with Crippen LogP contribution in [0.25, 0.3) is 27.5 Å². The van der Waals surface area contributed by atoms with Crippen molar-refractivity contribution in [3.8, 4) is 21.8 Å². The first-order valence-corrected chi connectivity index (χ1v) is 10.9. The van der Waals surface area contributed by atoms with Crippen LogP contribution in [0.5, 0.6) is 0 Å². The van der Waals surface area contributed by atoms with Gasteiger partial charge in [-0.1, -0.05) is 12.1 Å². The summed E-state index contributed by atoms with van der Waals surface area (Å²) in [5.74, 6) is 0.733. The lowest BCUT2D eigenvalue weighted by atomic mass is 9.91. The Labute approximate surface area is 185 Å². The summed E-state index contributed by atoms with van der Waals surface area (Å²) in [5, 5.41) is 11.2. The third-order valence-electron chi connectivity index (χ3n) is 5.85. The number of halogens is 3. The minimum Gasteiger partial charge on any atom is -0.381 e. The molecule has 6 nitrogen and oxygen atoms in total. The van der Waals surface area contributed by atoms with E-state index in [2.05, 4.69) is 15.0 Å². The number of imidazole rings is 1. The molecular formula is C22H20F3N5OS. The molecule has 32 heavy (non-hydrogen) atoms. The number of fused-ring (bicyclic) bond motifs is 1. The summed E-state index contributed by atoms with van der Waals surface area (Å²) in [7, 11) is 0. The van der Waals surface area contributed by atoms with Gasteiger partial charge in [0.25, 0.3) is 0 Å². The van der Waals surface area contributed by atoms with Gasteiger partial charge in [-0.05, 0) is 43.9 Å². The van der Waals surface area contributed by atoms with E-state index in [0.717, 1.165) is 35.2 Å². The van der Waals surface area contributed by atoms with Gasteiger partial charge in [-0.25, -0.2) is 15.0 Å². The number of rotatable bonds is 4. The molecular weight excluding hydrogens is 439 g/mol. The zero-order valence-corrected chi connectivity index (χ0v) is 18.1. The normalized spacial score (nSPS) is 16.4. The van der Waals surface area contributed by atoms with E-state index in [4.69, 9.17) is 5.73 Å². The van der Waals surface area contributed by atoms with Gasteiger partial charge >= 0.3 is 6.18 Å². The lowest BCUT2D eigenvalue weighted by Gasteiger charge is -2.27. The Kier molecular flexibility index (Phi) is 4.58. The molecule has 10 heteroatoms. The number of thiazole rings is 1. The van der Waals surface area contributed by atoms with Gasteiger partial charge in [0.15, 0.2) is 17.1 Å². The maximum atomic E-state index is 13.4. The zero-order valence-electron chi connectivity index (χ0n) is 17.3. The van der Waals surface area contributed by atoms with Crippen LogP contribution in [0, 0.1) is 6.92 Å². The van der Waals surface area contributed by atoms with Crippen LogP contribution in [0.3, 0.4) is 0 Å². The predicted octanol–water partition coefficient (Wildman–Crippen LogP) is 5.06. The van der Waals surface area contributed by atoms with Crippen molar-refractivity contribution in [1.82, 2.24) is 19.4 Å². The van der Waals surface area contributed by atoms with Gasteiger partial charge in [-0.2, -0.15) is 13.2 Å². The summed E-state index contributed by atoms with van der Waals surface area (Å²) >= 11 is 1.57. The van der Waals surface area contributed by atoms with Crippen LogP contribution in [0.4, 0.5) is 19.0 Å². The molecule has 3 aromatic heterocycles. The van der Waals surface area contributed by atoms with Crippen molar-refractivity contribution in [2.45, 2.75) is 44.4 Å². The minimum atomic E-state index is -4.81. The van der Waals surface area contributed by atoms with Gasteiger partial charge in [0, 0.05) is 23.9 Å². The first kappa shape index (κ1) is 20.9. The van der Waals surface area contributed by atoms with Crippen molar-refractivity contribution in [2.24, 2.45) is 0 Å². The van der Waals surface area contributed by atoms with E-state index in [-0.39, 0.29) is 11.4 Å². The van der Waals surface area contributed by atoms with Crippen LogP contribution in [0.1, 0.15) is 41.8 Å². The van der Waals surface area contributed by atoms with Crippen LogP contribution in [-0.4, -0.2) is 30.6 Å². The topological polar surface area (TPSA) is 89.3 Å². The predicted molar refractivity (Wildman–Crippen MR) is 116 cm³/mol. The summed E-state index contributed by atoms with van der Waals surface area (Å²) in [6.45, 7) is 2.54. The van der Waals surface area contributed by atoms with Gasteiger partial charge in [0.2, 0.25) is 0 Å². The molecule has 1 fully saturated rings. The fraction of sp³-hybridized carbons (Fsp3) is 0.318. The molecule has 1 aliphatic carbocycles. The highest BCUT2D eigenvalue weighted by molar-refractivity contribution is 7.15. The number of aliphatic hydroxyl groups is 1. The second-order valence-electron chi connectivity index (χ2n) is 8.29. The molecule has 0 aliphatic heterocycles. The van der Waals surface area contributed by atoms with E-state index >= 15 is 0 Å². The molecule has 0 spiro atoms. The van der Waals surface area contributed by atoms with E-state index in [1.807, 2.05) is 0 Å². The second kappa shape index (κ2) is 7.01. The van der Waals surface area contributed by atoms with E-state index in [1.165, 1.54) is 12.1 Å². The Balaban J connectivity index is 1.65. The van der Waals surface area contributed by atoms with Crippen molar-refractivity contribution in [3.63, 3.8) is 0 Å². The largest absolute Gasteiger partial charge is 0.421 e. The van der Waals surface area contributed by atoms with Crippen molar-refractivity contribution in [1.29, 1.82) is 0 Å². The molecule has 1 unspecified atom stereocenters. The van der Waals surface area contributed by atoms with Crippen molar-refractivity contribution >= 4 is 22.8 Å². The van der Waals surface area contributed by atoms with E-state index in [1.54, 1.807) is 47.3 Å². The highest BCUT2D eigenvalue weighted by Gasteiger charge is 2.51. The Hall–Kier alpha value is -2.98. The van der Waals surface area contributed by atoms with Gasteiger partial charge in [0.05, 0.1) is 21.8 Å². The third kappa shape index (κ3) is 3.34. The summed E-state index contributed by atoms with van der Waals surface area (Å²) in [6.07, 6.45) is 2.57. The fourth-order valence-corrected chi connectivity index (χ4v) is 4.66. The van der Waals surface area contributed by atoms with Gasteiger partial charge < -0.3 is 10.8 Å². The summed E-state index contributed by atoms with van der Waals surface area (Å²) in [4.78, 5) is 14.1. The van der Waals surface area contributed by atoms with Crippen LogP contribution < -0.4 is 5.73 Å². The van der Waals surface area contributed by atoms with Gasteiger partial charge in [0.1, 0.15) is 5.69 Å². The maximum absolute atomic E-state index is 13.4. The lowest BCUT2D eigenvalue weighted by molar-refractivity contribution is -0.258. The number of nitrogen functional groups attached to an aromatic ring is 1. The molecule has 1 saturated carbocycles. The van der Waals surface area contributed by atoms with Gasteiger partial charge in [-0.15, -0.1) is 11.3 Å². The van der Waals surface area contributed by atoms with Crippen LogP contribution >= 0.6 is 11.3 Å².